The Hall–Kier alpha value is -8.08. The van der Waals surface area contributed by atoms with Crippen LogP contribution >= 0.6 is 0 Å². The second-order valence-electron chi connectivity index (χ2n) is 14.8. The summed E-state index contributed by atoms with van der Waals surface area (Å²) in [6.45, 7) is 4.35. The van der Waals surface area contributed by atoms with Crippen molar-refractivity contribution in [2.45, 2.75) is 46.4 Å². The topological polar surface area (TPSA) is 225 Å². The Kier molecular flexibility index (Phi) is 16.2. The SMILES string of the molecule is CCc1c(C(=O)C(N)=O)c2c(OCC(=O)NOC)cccc2n1Cc1ccccc1.CCc1c(C(=O)C(N)=O)c2c(OCC(=O)NOCc3ccccc3)cccc2n1Cc1ccccc1. The Morgan fingerprint density at radius 3 is 1.29 bits per heavy atom. The molecule has 0 saturated heterocycles. The molecule has 0 spiro atoms. The molecule has 0 unspecified atom stereocenters. The lowest BCUT2D eigenvalue weighted by atomic mass is 10.0. The molecule has 0 aliphatic rings. The van der Waals surface area contributed by atoms with Gasteiger partial charge in [-0.3, -0.25) is 38.4 Å². The van der Waals surface area contributed by atoms with Crippen molar-refractivity contribution in [1.82, 2.24) is 20.1 Å². The zero-order chi connectivity index (χ0) is 47.2. The number of aromatic nitrogens is 2. The Morgan fingerprint density at radius 1 is 0.515 bits per heavy atom. The van der Waals surface area contributed by atoms with E-state index >= 15 is 0 Å². The van der Waals surface area contributed by atoms with Crippen LogP contribution in [0.3, 0.4) is 0 Å². The van der Waals surface area contributed by atoms with Crippen LogP contribution in [0, 0.1) is 0 Å². The molecule has 0 aliphatic carbocycles. The third-order valence-corrected chi connectivity index (χ3v) is 10.5. The number of nitrogens with two attached hydrogens (primary N) is 2. The first-order chi connectivity index (χ1) is 32.0. The fraction of sp³-hybridized carbons (Fsp3) is 0.200. The number of carbonyl (C=O) groups excluding carboxylic acids is 6. The molecule has 16 nitrogen and oxygen atoms in total. The fourth-order valence-electron chi connectivity index (χ4n) is 7.68. The molecule has 7 aromatic rings. The molecule has 0 radical (unpaired) electrons. The summed E-state index contributed by atoms with van der Waals surface area (Å²) >= 11 is 0. The Balaban J connectivity index is 0.000000222. The maximum absolute atomic E-state index is 12.9. The lowest BCUT2D eigenvalue weighted by Crippen LogP contribution is -2.29. The number of amides is 4. The quantitative estimate of drug-likeness (QED) is 0.0426. The third kappa shape index (κ3) is 11.2. The average molecular weight is 895 g/mol. The van der Waals surface area contributed by atoms with Gasteiger partial charge in [0.1, 0.15) is 11.5 Å². The monoisotopic (exact) mass is 894 g/mol. The predicted molar refractivity (Wildman–Crippen MR) is 246 cm³/mol. The van der Waals surface area contributed by atoms with Crippen LogP contribution in [-0.4, -0.2) is 64.7 Å². The van der Waals surface area contributed by atoms with E-state index in [1.54, 1.807) is 24.3 Å². The smallest absolute Gasteiger partial charge is 0.289 e. The van der Waals surface area contributed by atoms with Crippen molar-refractivity contribution in [1.29, 1.82) is 0 Å². The third-order valence-electron chi connectivity index (χ3n) is 10.5. The molecule has 4 amide bonds. The van der Waals surface area contributed by atoms with Crippen LogP contribution in [0.4, 0.5) is 0 Å². The molecule has 0 aliphatic heterocycles. The number of rotatable bonds is 20. The minimum atomic E-state index is -1.05. The molecule has 0 fully saturated rings. The maximum atomic E-state index is 12.9. The van der Waals surface area contributed by atoms with Crippen molar-refractivity contribution >= 4 is 57.0 Å². The van der Waals surface area contributed by atoms with Gasteiger partial charge in [-0.1, -0.05) is 117 Å². The molecule has 0 bridgehead atoms. The van der Waals surface area contributed by atoms with Gasteiger partial charge in [0.15, 0.2) is 13.2 Å². The molecule has 340 valence electrons. The highest BCUT2D eigenvalue weighted by Gasteiger charge is 2.29. The highest BCUT2D eigenvalue weighted by Crippen LogP contribution is 2.37. The van der Waals surface area contributed by atoms with E-state index in [4.69, 9.17) is 25.8 Å². The summed E-state index contributed by atoms with van der Waals surface area (Å²) < 4.78 is 15.4. The Bertz CT molecular complexity index is 2860. The summed E-state index contributed by atoms with van der Waals surface area (Å²) in [5, 5.41) is 0.909. The van der Waals surface area contributed by atoms with E-state index in [-0.39, 0.29) is 30.9 Å². The summed E-state index contributed by atoms with van der Waals surface area (Å²) in [7, 11) is 1.32. The molecule has 2 aromatic heterocycles. The van der Waals surface area contributed by atoms with Gasteiger partial charge in [0, 0.05) is 24.5 Å². The zero-order valence-electron chi connectivity index (χ0n) is 36.7. The van der Waals surface area contributed by atoms with Crippen LogP contribution in [0.25, 0.3) is 21.8 Å². The van der Waals surface area contributed by atoms with Crippen LogP contribution < -0.4 is 31.9 Å². The van der Waals surface area contributed by atoms with Crippen molar-refractivity contribution in [2.24, 2.45) is 11.5 Å². The molecule has 5 aromatic carbocycles. The standard InChI is InChI=1S/C28H27N3O5.C22H23N3O5/c1-2-21-26(27(33)28(29)34)25-22(31(21)16-19-10-5-3-6-11-19)14-9-15-23(25)35-18-24(32)30-36-17-20-12-7-4-8-13-20;1-3-15-20(21(27)22(23)28)19-16(25(15)12-14-8-5-4-6-9-14)10-7-11-17(19)30-13-18(26)24-29-2/h3-15H,2,16-18H2,1H3,(H2,29,34)(H,30,32);4-11H,3,12-13H2,1-2H3,(H2,23,28)(H,24,26). The second-order valence-corrected chi connectivity index (χ2v) is 14.8. The van der Waals surface area contributed by atoms with E-state index in [9.17, 15) is 28.8 Å². The lowest BCUT2D eigenvalue weighted by molar-refractivity contribution is -0.136. The summed E-state index contributed by atoms with van der Waals surface area (Å²) in [4.78, 5) is 83.3. The zero-order valence-corrected chi connectivity index (χ0v) is 36.7. The van der Waals surface area contributed by atoms with Gasteiger partial charge in [0.05, 0.1) is 46.6 Å². The summed E-state index contributed by atoms with van der Waals surface area (Å²) in [6, 6.07) is 39.5. The number of fused-ring (bicyclic) bond motifs is 2. The van der Waals surface area contributed by atoms with Crippen LogP contribution in [0.1, 0.15) is 62.6 Å². The van der Waals surface area contributed by atoms with Crippen molar-refractivity contribution in [3.05, 3.63) is 167 Å². The number of primary amides is 2. The number of hydrogen-bond donors (Lipinski definition) is 4. The van der Waals surface area contributed by atoms with E-state index in [1.807, 2.05) is 126 Å². The molecule has 2 heterocycles. The predicted octanol–water partition coefficient (Wildman–Crippen LogP) is 5.52. The molecule has 7 rings (SSSR count). The van der Waals surface area contributed by atoms with Crippen LogP contribution in [0.2, 0.25) is 0 Å². The highest BCUT2D eigenvalue weighted by molar-refractivity contribution is 6.45. The van der Waals surface area contributed by atoms with Gasteiger partial charge in [0.2, 0.25) is 0 Å². The number of carbonyl (C=O) groups is 6. The van der Waals surface area contributed by atoms with Gasteiger partial charge in [-0.05, 0) is 53.8 Å². The van der Waals surface area contributed by atoms with E-state index in [0.717, 1.165) is 16.7 Å². The van der Waals surface area contributed by atoms with E-state index in [0.29, 0.717) is 70.6 Å². The van der Waals surface area contributed by atoms with Gasteiger partial charge >= 0.3 is 0 Å². The number of hydrogen-bond acceptors (Lipinski definition) is 10. The normalized spacial score (nSPS) is 10.8. The molecule has 0 saturated carbocycles. The number of nitrogens with zero attached hydrogens (tertiary/aromatic N) is 2. The van der Waals surface area contributed by atoms with Gasteiger partial charge in [0.25, 0.3) is 35.2 Å². The van der Waals surface area contributed by atoms with Crippen molar-refractivity contribution in [3.63, 3.8) is 0 Å². The minimum absolute atomic E-state index is 0.201. The van der Waals surface area contributed by atoms with Gasteiger partial charge in [-0.25, -0.2) is 11.0 Å². The molecule has 16 heteroatoms. The summed E-state index contributed by atoms with van der Waals surface area (Å²) in [6.07, 6.45) is 0.989. The second kappa shape index (κ2) is 22.5. The van der Waals surface area contributed by atoms with Crippen LogP contribution in [-0.2, 0) is 61.4 Å². The van der Waals surface area contributed by atoms with E-state index < -0.39 is 35.2 Å². The van der Waals surface area contributed by atoms with Gasteiger partial charge in [-0.15, -0.1) is 0 Å². The number of benzene rings is 5. The maximum Gasteiger partial charge on any atom is 0.289 e. The Morgan fingerprint density at radius 2 is 0.909 bits per heavy atom. The van der Waals surface area contributed by atoms with Gasteiger partial charge in [-0.2, -0.15) is 0 Å². The largest absolute Gasteiger partial charge is 0.483 e. The van der Waals surface area contributed by atoms with Crippen molar-refractivity contribution in [2.75, 3.05) is 20.3 Å². The number of nitrogens with one attached hydrogen (secondary N) is 2. The van der Waals surface area contributed by atoms with E-state index in [2.05, 4.69) is 15.8 Å². The lowest BCUT2D eigenvalue weighted by Gasteiger charge is -2.11. The molecular formula is C50H50N6O10. The average Bonchev–Trinajstić information content (AvgIpc) is 3.82. The number of hydroxylamine groups is 2. The fourth-order valence-corrected chi connectivity index (χ4v) is 7.68. The highest BCUT2D eigenvalue weighted by atomic mass is 16.7. The van der Waals surface area contributed by atoms with Crippen LogP contribution in [0.15, 0.2) is 127 Å². The number of Topliss-reactive ketones (excluding diaryl/α,β-unsaturated/α-hetero) is 2. The minimum Gasteiger partial charge on any atom is -0.483 e. The Labute approximate surface area is 380 Å². The summed E-state index contributed by atoms with van der Waals surface area (Å²) in [5.41, 5.74) is 21.4. The summed E-state index contributed by atoms with van der Waals surface area (Å²) in [5.74, 6) is -4.05. The molecule has 0 atom stereocenters. The van der Waals surface area contributed by atoms with Crippen molar-refractivity contribution in [3.8, 4) is 11.5 Å². The number of ketones is 2. The van der Waals surface area contributed by atoms with E-state index in [1.165, 1.54) is 7.11 Å². The van der Waals surface area contributed by atoms with Crippen molar-refractivity contribution < 1.29 is 47.9 Å². The van der Waals surface area contributed by atoms with Crippen LogP contribution in [0.5, 0.6) is 11.5 Å². The first kappa shape index (κ1) is 47.4. The first-order valence-corrected chi connectivity index (χ1v) is 21.0. The van der Waals surface area contributed by atoms with Gasteiger partial charge < -0.3 is 30.1 Å². The first-order valence-electron chi connectivity index (χ1n) is 21.0. The molecule has 66 heavy (non-hydrogen) atoms. The molecule has 6 N–H and O–H groups in total. The number of ether oxygens (including phenoxy) is 2. The molecular weight excluding hydrogens is 845 g/mol.